The van der Waals surface area contributed by atoms with E-state index in [2.05, 4.69) is 25.9 Å². The summed E-state index contributed by atoms with van der Waals surface area (Å²) in [6.07, 6.45) is 0. The van der Waals surface area contributed by atoms with E-state index in [0.717, 1.165) is 5.56 Å². The number of benzene rings is 2. The molecule has 3 aromatic rings. The standard InChI is InChI=1S/C24H26N2O4/c1-24(2,3)19-11-9-18(10-12-19)17-30-23(28)21-13-14-22(27)26(25-21)15-16-29-20-7-5-4-6-8-20/h4-14H,15-17H2,1-3H3. The van der Waals surface area contributed by atoms with Gasteiger partial charge in [0, 0.05) is 6.07 Å². The van der Waals surface area contributed by atoms with Crippen molar-refractivity contribution >= 4 is 5.97 Å². The van der Waals surface area contributed by atoms with Gasteiger partial charge >= 0.3 is 5.97 Å². The molecular formula is C24H26N2O4. The van der Waals surface area contributed by atoms with Crippen molar-refractivity contribution in [2.45, 2.75) is 39.3 Å². The summed E-state index contributed by atoms with van der Waals surface area (Å²) in [6, 6.07) is 19.9. The van der Waals surface area contributed by atoms with Crippen LogP contribution >= 0.6 is 0 Å². The van der Waals surface area contributed by atoms with E-state index >= 15 is 0 Å². The number of carbonyl (C=O) groups excluding carboxylic acids is 1. The van der Waals surface area contributed by atoms with Crippen molar-refractivity contribution in [3.05, 3.63) is 93.9 Å². The van der Waals surface area contributed by atoms with Gasteiger partial charge in [-0.2, -0.15) is 5.10 Å². The van der Waals surface area contributed by atoms with Crippen LogP contribution in [0.4, 0.5) is 0 Å². The van der Waals surface area contributed by atoms with Gasteiger partial charge in [0.15, 0.2) is 5.69 Å². The average molecular weight is 406 g/mol. The van der Waals surface area contributed by atoms with Gasteiger partial charge in [-0.05, 0) is 34.7 Å². The summed E-state index contributed by atoms with van der Waals surface area (Å²) in [5.74, 6) is 0.131. The summed E-state index contributed by atoms with van der Waals surface area (Å²) in [6.45, 7) is 7.06. The van der Waals surface area contributed by atoms with Crippen LogP contribution < -0.4 is 10.3 Å². The quantitative estimate of drug-likeness (QED) is 0.555. The normalized spacial score (nSPS) is 11.2. The molecule has 6 nitrogen and oxygen atoms in total. The molecule has 1 aromatic heterocycles. The molecule has 0 amide bonds. The fourth-order valence-corrected chi connectivity index (χ4v) is 2.81. The minimum atomic E-state index is -0.576. The molecule has 0 aliphatic heterocycles. The van der Waals surface area contributed by atoms with Gasteiger partial charge in [-0.3, -0.25) is 4.79 Å². The minimum absolute atomic E-state index is 0.0665. The molecule has 156 valence electrons. The molecule has 0 aliphatic rings. The Labute approximate surface area is 176 Å². The molecule has 0 aliphatic carbocycles. The number of rotatable bonds is 7. The van der Waals surface area contributed by atoms with Gasteiger partial charge in [-0.15, -0.1) is 0 Å². The van der Waals surface area contributed by atoms with Crippen molar-refractivity contribution in [1.29, 1.82) is 0 Å². The highest BCUT2D eigenvalue weighted by Crippen LogP contribution is 2.22. The molecule has 0 radical (unpaired) electrons. The first kappa shape index (κ1) is 21.3. The second-order valence-corrected chi connectivity index (χ2v) is 7.96. The van der Waals surface area contributed by atoms with Crippen molar-refractivity contribution < 1.29 is 14.3 Å². The summed E-state index contributed by atoms with van der Waals surface area (Å²) in [5, 5.41) is 4.11. The zero-order valence-electron chi connectivity index (χ0n) is 17.5. The maximum atomic E-state index is 12.4. The van der Waals surface area contributed by atoms with E-state index in [1.54, 1.807) is 0 Å². The summed E-state index contributed by atoms with van der Waals surface area (Å²) in [7, 11) is 0. The second-order valence-electron chi connectivity index (χ2n) is 7.96. The Morgan fingerprint density at radius 1 is 0.967 bits per heavy atom. The van der Waals surface area contributed by atoms with Crippen LogP contribution in [0.2, 0.25) is 0 Å². The SMILES string of the molecule is CC(C)(C)c1ccc(COC(=O)c2ccc(=O)n(CCOc3ccccc3)n2)cc1. The van der Waals surface area contributed by atoms with Gasteiger partial charge in [0.2, 0.25) is 0 Å². The lowest BCUT2D eigenvalue weighted by molar-refractivity contribution is 0.0462. The van der Waals surface area contributed by atoms with E-state index in [1.807, 2.05) is 54.6 Å². The average Bonchev–Trinajstić information content (AvgIpc) is 2.74. The predicted octanol–water partition coefficient (Wildman–Crippen LogP) is 3.98. The molecule has 0 bridgehead atoms. The van der Waals surface area contributed by atoms with Gasteiger partial charge < -0.3 is 9.47 Å². The van der Waals surface area contributed by atoms with E-state index in [-0.39, 0.29) is 36.4 Å². The number of carbonyl (C=O) groups is 1. The van der Waals surface area contributed by atoms with E-state index < -0.39 is 5.97 Å². The number of hydrogen-bond acceptors (Lipinski definition) is 5. The molecule has 2 aromatic carbocycles. The highest BCUT2D eigenvalue weighted by molar-refractivity contribution is 5.86. The fraction of sp³-hybridized carbons (Fsp3) is 0.292. The highest BCUT2D eigenvalue weighted by atomic mass is 16.5. The number of para-hydroxylation sites is 1. The van der Waals surface area contributed by atoms with Gasteiger partial charge in [0.1, 0.15) is 19.0 Å². The van der Waals surface area contributed by atoms with Crippen molar-refractivity contribution in [2.24, 2.45) is 0 Å². The first-order valence-electron chi connectivity index (χ1n) is 9.85. The van der Waals surface area contributed by atoms with E-state index in [1.165, 1.54) is 22.4 Å². The summed E-state index contributed by atoms with van der Waals surface area (Å²) in [4.78, 5) is 24.4. The monoisotopic (exact) mass is 406 g/mol. The van der Waals surface area contributed by atoms with Crippen LogP contribution in [0.15, 0.2) is 71.5 Å². The third-order valence-electron chi connectivity index (χ3n) is 4.58. The maximum Gasteiger partial charge on any atom is 0.359 e. The second kappa shape index (κ2) is 9.39. The fourth-order valence-electron chi connectivity index (χ4n) is 2.81. The van der Waals surface area contributed by atoms with Crippen molar-refractivity contribution in [1.82, 2.24) is 9.78 Å². The van der Waals surface area contributed by atoms with Gasteiger partial charge in [-0.25, -0.2) is 9.48 Å². The number of nitrogens with zero attached hydrogens (tertiary/aromatic N) is 2. The maximum absolute atomic E-state index is 12.4. The minimum Gasteiger partial charge on any atom is -0.492 e. The number of esters is 1. The highest BCUT2D eigenvalue weighted by Gasteiger charge is 2.14. The van der Waals surface area contributed by atoms with Crippen LogP contribution in [-0.2, 0) is 23.3 Å². The largest absolute Gasteiger partial charge is 0.492 e. The molecule has 6 heteroatoms. The van der Waals surface area contributed by atoms with Gasteiger partial charge in [-0.1, -0.05) is 63.2 Å². The lowest BCUT2D eigenvalue weighted by Crippen LogP contribution is -2.27. The molecule has 0 atom stereocenters. The summed E-state index contributed by atoms with van der Waals surface area (Å²) < 4.78 is 12.2. The van der Waals surface area contributed by atoms with Crippen LogP contribution in [0.3, 0.4) is 0 Å². The van der Waals surface area contributed by atoms with Crippen molar-refractivity contribution in [3.8, 4) is 5.75 Å². The van der Waals surface area contributed by atoms with Crippen LogP contribution in [0.1, 0.15) is 42.4 Å². The lowest BCUT2D eigenvalue weighted by Gasteiger charge is -2.19. The Balaban J connectivity index is 1.58. The van der Waals surface area contributed by atoms with Crippen molar-refractivity contribution in [3.63, 3.8) is 0 Å². The molecule has 1 heterocycles. The van der Waals surface area contributed by atoms with Gasteiger partial charge in [0.05, 0.1) is 6.54 Å². The Morgan fingerprint density at radius 3 is 2.33 bits per heavy atom. The zero-order chi connectivity index (χ0) is 21.6. The smallest absolute Gasteiger partial charge is 0.359 e. The molecule has 0 fully saturated rings. The van der Waals surface area contributed by atoms with Crippen LogP contribution in [0.5, 0.6) is 5.75 Å². The van der Waals surface area contributed by atoms with Crippen LogP contribution in [0.25, 0.3) is 0 Å². The first-order chi connectivity index (χ1) is 14.3. The lowest BCUT2D eigenvalue weighted by atomic mass is 9.87. The van der Waals surface area contributed by atoms with E-state index in [0.29, 0.717) is 5.75 Å². The van der Waals surface area contributed by atoms with E-state index in [4.69, 9.17) is 9.47 Å². The third kappa shape index (κ3) is 5.80. The Bertz CT molecular complexity index is 1040. The molecule has 30 heavy (non-hydrogen) atoms. The molecule has 0 saturated carbocycles. The number of ether oxygens (including phenoxy) is 2. The third-order valence-corrected chi connectivity index (χ3v) is 4.58. The first-order valence-corrected chi connectivity index (χ1v) is 9.85. The molecule has 3 rings (SSSR count). The summed E-state index contributed by atoms with van der Waals surface area (Å²) >= 11 is 0. The van der Waals surface area contributed by atoms with Gasteiger partial charge in [0.25, 0.3) is 5.56 Å². The number of aromatic nitrogens is 2. The molecule has 0 N–H and O–H groups in total. The zero-order valence-corrected chi connectivity index (χ0v) is 17.5. The topological polar surface area (TPSA) is 70.4 Å². The van der Waals surface area contributed by atoms with Crippen LogP contribution in [0, 0.1) is 0 Å². The Morgan fingerprint density at radius 2 is 1.67 bits per heavy atom. The predicted molar refractivity (Wildman–Crippen MR) is 115 cm³/mol. The Kier molecular flexibility index (Phi) is 6.67. The van der Waals surface area contributed by atoms with Crippen molar-refractivity contribution in [2.75, 3.05) is 6.61 Å². The summed E-state index contributed by atoms with van der Waals surface area (Å²) in [5.41, 5.74) is 1.95. The molecule has 0 saturated heterocycles. The van der Waals surface area contributed by atoms with E-state index in [9.17, 15) is 9.59 Å². The number of hydrogen-bond donors (Lipinski definition) is 0. The molecule has 0 unspecified atom stereocenters. The Hall–Kier alpha value is -3.41. The van der Waals surface area contributed by atoms with Crippen LogP contribution in [-0.4, -0.2) is 22.4 Å². The molecular weight excluding hydrogens is 380 g/mol. The molecule has 0 spiro atoms.